The van der Waals surface area contributed by atoms with Crippen LogP contribution >= 0.6 is 0 Å². The molecule has 4 heteroatoms. The molecule has 0 bridgehead atoms. The third kappa shape index (κ3) is 3.04. The molecule has 0 aromatic carbocycles. The van der Waals surface area contributed by atoms with Crippen LogP contribution in [0, 0.1) is 11.3 Å². The number of nitrogens with zero attached hydrogens (tertiary/aromatic N) is 2. The van der Waals surface area contributed by atoms with Gasteiger partial charge in [0.05, 0.1) is 0 Å². The largest absolute Gasteiger partial charge is 0.383 e. The van der Waals surface area contributed by atoms with Crippen molar-refractivity contribution in [2.24, 2.45) is 0 Å². The summed E-state index contributed by atoms with van der Waals surface area (Å²) in [7, 11) is 1.92. The van der Waals surface area contributed by atoms with E-state index in [1.54, 1.807) is 12.3 Å². The Labute approximate surface area is 84.0 Å². The predicted octanol–water partition coefficient (Wildman–Crippen LogP) is 0.973. The fourth-order valence-corrected chi connectivity index (χ4v) is 0.975. The van der Waals surface area contributed by atoms with Crippen molar-refractivity contribution in [3.8, 4) is 6.07 Å². The van der Waals surface area contributed by atoms with E-state index in [1.165, 1.54) is 0 Å². The highest BCUT2D eigenvalue weighted by Gasteiger charge is 1.98. The molecular formula is C10H14N4. The lowest BCUT2D eigenvalue weighted by Crippen LogP contribution is -2.29. The summed E-state index contributed by atoms with van der Waals surface area (Å²) in [6.45, 7) is 2.91. The molecule has 1 heterocycles. The fourth-order valence-electron chi connectivity index (χ4n) is 0.975. The fraction of sp³-hybridized carbons (Fsp3) is 0.400. The number of anilines is 1. The molecule has 0 saturated heterocycles. The van der Waals surface area contributed by atoms with Crippen LogP contribution in [-0.4, -0.2) is 24.6 Å². The maximum Gasteiger partial charge on any atom is 0.142 e. The Kier molecular flexibility index (Phi) is 3.89. The molecule has 0 aliphatic carbocycles. The standard InChI is InChI=1S/C10H14N4/c1-8(12-2)7-14-9-3-4-13-10(5-9)6-11/h3-5,8,12H,7H2,1-2H3,(H,13,14). The van der Waals surface area contributed by atoms with Crippen LogP contribution in [0.2, 0.25) is 0 Å². The van der Waals surface area contributed by atoms with E-state index in [0.717, 1.165) is 12.2 Å². The van der Waals surface area contributed by atoms with E-state index in [9.17, 15) is 0 Å². The Bertz CT molecular complexity index is 329. The van der Waals surface area contributed by atoms with Gasteiger partial charge >= 0.3 is 0 Å². The molecule has 1 unspecified atom stereocenters. The second-order valence-corrected chi connectivity index (χ2v) is 3.11. The van der Waals surface area contributed by atoms with E-state index in [0.29, 0.717) is 11.7 Å². The highest BCUT2D eigenvalue weighted by atomic mass is 15.0. The zero-order chi connectivity index (χ0) is 10.4. The number of pyridine rings is 1. The molecule has 1 aromatic rings. The summed E-state index contributed by atoms with van der Waals surface area (Å²) in [6, 6.07) is 5.99. The minimum atomic E-state index is 0.397. The van der Waals surface area contributed by atoms with Crippen LogP contribution in [0.25, 0.3) is 0 Å². The highest BCUT2D eigenvalue weighted by Crippen LogP contribution is 2.06. The van der Waals surface area contributed by atoms with Crippen molar-refractivity contribution in [3.63, 3.8) is 0 Å². The first-order valence-corrected chi connectivity index (χ1v) is 4.53. The zero-order valence-corrected chi connectivity index (χ0v) is 8.41. The highest BCUT2D eigenvalue weighted by molar-refractivity contribution is 5.45. The first kappa shape index (κ1) is 10.5. The van der Waals surface area contributed by atoms with Crippen molar-refractivity contribution in [1.29, 1.82) is 5.26 Å². The van der Waals surface area contributed by atoms with Gasteiger partial charge in [-0.25, -0.2) is 4.98 Å². The minimum Gasteiger partial charge on any atom is -0.383 e. The number of nitrogens with one attached hydrogen (secondary N) is 2. The molecular weight excluding hydrogens is 176 g/mol. The van der Waals surface area contributed by atoms with E-state index in [2.05, 4.69) is 22.5 Å². The summed E-state index contributed by atoms with van der Waals surface area (Å²) in [5.41, 5.74) is 1.37. The summed E-state index contributed by atoms with van der Waals surface area (Å²) >= 11 is 0. The molecule has 0 spiro atoms. The third-order valence-electron chi connectivity index (χ3n) is 1.98. The Morgan fingerprint density at radius 3 is 3.07 bits per heavy atom. The van der Waals surface area contributed by atoms with Crippen LogP contribution in [0.3, 0.4) is 0 Å². The van der Waals surface area contributed by atoms with Crippen LogP contribution in [0.4, 0.5) is 5.69 Å². The van der Waals surface area contributed by atoms with Crippen molar-refractivity contribution in [2.45, 2.75) is 13.0 Å². The molecule has 0 amide bonds. The molecule has 1 rings (SSSR count). The third-order valence-corrected chi connectivity index (χ3v) is 1.98. The number of hydrogen-bond donors (Lipinski definition) is 2. The van der Waals surface area contributed by atoms with E-state index >= 15 is 0 Å². The lowest BCUT2D eigenvalue weighted by Gasteiger charge is -2.12. The number of hydrogen-bond acceptors (Lipinski definition) is 4. The number of likely N-dealkylation sites (N-methyl/N-ethyl adjacent to an activating group) is 1. The van der Waals surface area contributed by atoms with Crippen molar-refractivity contribution in [3.05, 3.63) is 24.0 Å². The van der Waals surface area contributed by atoms with Crippen molar-refractivity contribution in [1.82, 2.24) is 10.3 Å². The van der Waals surface area contributed by atoms with E-state index < -0.39 is 0 Å². The molecule has 2 N–H and O–H groups in total. The maximum atomic E-state index is 8.63. The van der Waals surface area contributed by atoms with Gasteiger partial charge in [0.1, 0.15) is 11.8 Å². The second-order valence-electron chi connectivity index (χ2n) is 3.11. The molecule has 1 atom stereocenters. The van der Waals surface area contributed by atoms with Gasteiger partial charge in [0.25, 0.3) is 0 Å². The van der Waals surface area contributed by atoms with Crippen LogP contribution in [0.15, 0.2) is 18.3 Å². The minimum absolute atomic E-state index is 0.397. The Morgan fingerprint density at radius 1 is 1.64 bits per heavy atom. The SMILES string of the molecule is CNC(C)CNc1ccnc(C#N)c1. The van der Waals surface area contributed by atoms with Gasteiger partial charge < -0.3 is 10.6 Å². The average Bonchev–Trinajstić information content (AvgIpc) is 2.26. The number of aromatic nitrogens is 1. The lowest BCUT2D eigenvalue weighted by molar-refractivity contribution is 0.638. The van der Waals surface area contributed by atoms with Gasteiger partial charge in [-0.3, -0.25) is 0 Å². The van der Waals surface area contributed by atoms with Gasteiger partial charge in [0.15, 0.2) is 0 Å². The molecule has 0 aliphatic heterocycles. The summed E-state index contributed by atoms with van der Waals surface area (Å²) in [4.78, 5) is 3.89. The summed E-state index contributed by atoms with van der Waals surface area (Å²) < 4.78 is 0. The first-order chi connectivity index (χ1) is 6.76. The van der Waals surface area contributed by atoms with Gasteiger partial charge in [0.2, 0.25) is 0 Å². The second kappa shape index (κ2) is 5.20. The van der Waals surface area contributed by atoms with Gasteiger partial charge in [-0.15, -0.1) is 0 Å². The van der Waals surface area contributed by atoms with Crippen LogP contribution < -0.4 is 10.6 Å². The molecule has 0 radical (unpaired) electrons. The Hall–Kier alpha value is -1.60. The smallest absolute Gasteiger partial charge is 0.142 e. The van der Waals surface area contributed by atoms with Crippen LogP contribution in [0.5, 0.6) is 0 Å². The summed E-state index contributed by atoms with van der Waals surface area (Å²) in [6.07, 6.45) is 1.63. The molecule has 1 aromatic heterocycles. The molecule has 14 heavy (non-hydrogen) atoms. The molecule has 74 valence electrons. The first-order valence-electron chi connectivity index (χ1n) is 4.53. The monoisotopic (exact) mass is 190 g/mol. The molecule has 4 nitrogen and oxygen atoms in total. The van der Waals surface area contributed by atoms with Gasteiger partial charge in [-0.2, -0.15) is 5.26 Å². The van der Waals surface area contributed by atoms with Gasteiger partial charge in [0, 0.05) is 24.5 Å². The van der Waals surface area contributed by atoms with Crippen LogP contribution in [-0.2, 0) is 0 Å². The Morgan fingerprint density at radius 2 is 2.43 bits per heavy atom. The van der Waals surface area contributed by atoms with Gasteiger partial charge in [-0.05, 0) is 26.1 Å². The van der Waals surface area contributed by atoms with E-state index in [4.69, 9.17) is 5.26 Å². The molecule has 0 aliphatic rings. The van der Waals surface area contributed by atoms with E-state index in [1.807, 2.05) is 19.2 Å². The zero-order valence-electron chi connectivity index (χ0n) is 8.41. The maximum absolute atomic E-state index is 8.63. The van der Waals surface area contributed by atoms with Crippen LogP contribution in [0.1, 0.15) is 12.6 Å². The van der Waals surface area contributed by atoms with Crippen molar-refractivity contribution in [2.75, 3.05) is 18.9 Å². The summed E-state index contributed by atoms with van der Waals surface area (Å²) in [5.74, 6) is 0. The average molecular weight is 190 g/mol. The quantitative estimate of drug-likeness (QED) is 0.742. The number of rotatable bonds is 4. The topological polar surface area (TPSA) is 60.7 Å². The molecule has 0 saturated carbocycles. The van der Waals surface area contributed by atoms with Crippen molar-refractivity contribution < 1.29 is 0 Å². The predicted molar refractivity (Wildman–Crippen MR) is 56.0 cm³/mol. The van der Waals surface area contributed by atoms with Gasteiger partial charge in [-0.1, -0.05) is 0 Å². The normalized spacial score (nSPS) is 11.8. The Balaban J connectivity index is 2.55. The van der Waals surface area contributed by atoms with Crippen molar-refractivity contribution >= 4 is 5.69 Å². The molecule has 0 fully saturated rings. The lowest BCUT2D eigenvalue weighted by atomic mass is 10.3. The number of nitriles is 1. The summed E-state index contributed by atoms with van der Waals surface area (Å²) in [5, 5.41) is 15.0. The van der Waals surface area contributed by atoms with E-state index in [-0.39, 0.29) is 0 Å².